The minimum atomic E-state index is -0.656. The number of thioether (sulfide) groups is 1. The summed E-state index contributed by atoms with van der Waals surface area (Å²) in [6, 6.07) is 2.47. The lowest BCUT2D eigenvalue weighted by molar-refractivity contribution is -0.383. The number of unbranched alkanes of at least 4 members (excludes halogenated alkanes) is 1. The SMILES string of the molecule is CSCCCCNC(=O)c1cc(Cl)c(N)c([N+](=O)[O-])c1. The first kappa shape index (κ1) is 16.6. The van der Waals surface area contributed by atoms with Crippen LogP contribution in [0.15, 0.2) is 12.1 Å². The highest BCUT2D eigenvalue weighted by Gasteiger charge is 2.19. The summed E-state index contributed by atoms with van der Waals surface area (Å²) in [6.45, 7) is 0.523. The van der Waals surface area contributed by atoms with Crippen LogP contribution in [0.3, 0.4) is 0 Å². The number of nitrogens with two attached hydrogens (primary N) is 1. The molecule has 0 aliphatic rings. The standard InChI is InChI=1S/C12H16ClN3O3S/c1-20-5-3-2-4-15-12(17)8-6-9(13)11(14)10(7-8)16(18)19/h6-7H,2-5,14H2,1H3,(H,15,17). The molecule has 0 aromatic heterocycles. The second kappa shape index (κ2) is 7.96. The van der Waals surface area contributed by atoms with E-state index < -0.39 is 4.92 Å². The average molecular weight is 318 g/mol. The van der Waals surface area contributed by atoms with Gasteiger partial charge in [0.2, 0.25) is 0 Å². The van der Waals surface area contributed by atoms with Crippen molar-refractivity contribution in [2.45, 2.75) is 12.8 Å². The summed E-state index contributed by atoms with van der Waals surface area (Å²) in [5, 5.41) is 13.5. The molecule has 0 aliphatic carbocycles. The molecule has 0 fully saturated rings. The van der Waals surface area contributed by atoms with E-state index in [1.54, 1.807) is 11.8 Å². The van der Waals surface area contributed by atoms with Gasteiger partial charge in [-0.15, -0.1) is 0 Å². The number of nitrogens with zero attached hydrogens (tertiary/aromatic N) is 1. The summed E-state index contributed by atoms with van der Waals surface area (Å²) in [6.07, 6.45) is 3.88. The Labute approximate surface area is 126 Å². The highest BCUT2D eigenvalue weighted by Crippen LogP contribution is 2.30. The zero-order valence-electron chi connectivity index (χ0n) is 11.0. The minimum Gasteiger partial charge on any atom is -0.392 e. The molecular formula is C12H16ClN3O3S. The molecule has 6 nitrogen and oxygen atoms in total. The van der Waals surface area contributed by atoms with E-state index in [0.29, 0.717) is 6.54 Å². The second-order valence-electron chi connectivity index (χ2n) is 4.10. The fourth-order valence-electron chi connectivity index (χ4n) is 1.56. The first-order valence-electron chi connectivity index (χ1n) is 5.98. The van der Waals surface area contributed by atoms with Gasteiger partial charge in [0.15, 0.2) is 0 Å². The Balaban J connectivity index is 2.71. The maximum atomic E-state index is 11.9. The average Bonchev–Trinajstić information content (AvgIpc) is 2.40. The van der Waals surface area contributed by atoms with Gasteiger partial charge in [0.05, 0.1) is 9.95 Å². The molecule has 1 rings (SSSR count). The zero-order valence-corrected chi connectivity index (χ0v) is 12.6. The van der Waals surface area contributed by atoms with E-state index in [4.69, 9.17) is 17.3 Å². The predicted molar refractivity (Wildman–Crippen MR) is 82.5 cm³/mol. The van der Waals surface area contributed by atoms with Crippen LogP contribution in [0.5, 0.6) is 0 Å². The van der Waals surface area contributed by atoms with Crippen LogP contribution in [-0.2, 0) is 0 Å². The van der Waals surface area contributed by atoms with E-state index in [2.05, 4.69) is 5.32 Å². The van der Waals surface area contributed by atoms with Gasteiger partial charge in [0.1, 0.15) is 5.69 Å². The number of halogens is 1. The second-order valence-corrected chi connectivity index (χ2v) is 5.50. The Morgan fingerprint density at radius 1 is 1.50 bits per heavy atom. The molecule has 110 valence electrons. The lowest BCUT2D eigenvalue weighted by Crippen LogP contribution is -2.24. The lowest BCUT2D eigenvalue weighted by atomic mass is 10.1. The van der Waals surface area contributed by atoms with Crippen molar-refractivity contribution in [2.75, 3.05) is 24.3 Å². The van der Waals surface area contributed by atoms with E-state index in [1.807, 2.05) is 6.26 Å². The molecule has 0 heterocycles. The van der Waals surface area contributed by atoms with Gasteiger partial charge in [0.25, 0.3) is 11.6 Å². The van der Waals surface area contributed by atoms with E-state index in [-0.39, 0.29) is 27.9 Å². The number of hydrogen-bond donors (Lipinski definition) is 2. The number of nitrogens with one attached hydrogen (secondary N) is 1. The maximum Gasteiger partial charge on any atom is 0.294 e. The van der Waals surface area contributed by atoms with Crippen molar-refractivity contribution in [1.82, 2.24) is 5.32 Å². The van der Waals surface area contributed by atoms with Crippen molar-refractivity contribution in [2.24, 2.45) is 0 Å². The smallest absolute Gasteiger partial charge is 0.294 e. The molecule has 0 unspecified atom stereocenters. The molecule has 20 heavy (non-hydrogen) atoms. The van der Waals surface area contributed by atoms with E-state index >= 15 is 0 Å². The van der Waals surface area contributed by atoms with Crippen molar-refractivity contribution in [1.29, 1.82) is 0 Å². The highest BCUT2D eigenvalue weighted by atomic mass is 35.5. The molecule has 0 bridgehead atoms. The molecule has 8 heteroatoms. The summed E-state index contributed by atoms with van der Waals surface area (Å²) < 4.78 is 0. The molecule has 1 aromatic carbocycles. The van der Waals surface area contributed by atoms with Crippen LogP contribution < -0.4 is 11.1 Å². The summed E-state index contributed by atoms with van der Waals surface area (Å²) in [4.78, 5) is 22.0. The molecule has 0 saturated carbocycles. The molecule has 0 spiro atoms. The highest BCUT2D eigenvalue weighted by molar-refractivity contribution is 7.98. The molecular weight excluding hydrogens is 302 g/mol. The van der Waals surface area contributed by atoms with Crippen LogP contribution >= 0.6 is 23.4 Å². The Hall–Kier alpha value is -1.47. The Morgan fingerprint density at radius 3 is 2.80 bits per heavy atom. The lowest BCUT2D eigenvalue weighted by Gasteiger charge is -2.07. The fourth-order valence-corrected chi connectivity index (χ4v) is 2.27. The number of rotatable bonds is 7. The predicted octanol–water partition coefficient (Wildman–Crippen LogP) is 2.70. The first-order valence-corrected chi connectivity index (χ1v) is 7.75. The number of benzene rings is 1. The Morgan fingerprint density at radius 2 is 2.20 bits per heavy atom. The van der Waals surface area contributed by atoms with Crippen molar-refractivity contribution < 1.29 is 9.72 Å². The van der Waals surface area contributed by atoms with Gasteiger partial charge in [-0.05, 0) is 30.9 Å². The van der Waals surface area contributed by atoms with Crippen molar-refractivity contribution in [3.05, 3.63) is 32.8 Å². The van der Waals surface area contributed by atoms with Gasteiger partial charge in [-0.3, -0.25) is 14.9 Å². The molecule has 0 radical (unpaired) electrons. The quantitative estimate of drug-likeness (QED) is 0.349. The van der Waals surface area contributed by atoms with Gasteiger partial charge in [-0.2, -0.15) is 11.8 Å². The van der Waals surface area contributed by atoms with Gasteiger partial charge in [0, 0.05) is 18.2 Å². The van der Waals surface area contributed by atoms with Gasteiger partial charge >= 0.3 is 0 Å². The van der Waals surface area contributed by atoms with Crippen molar-refractivity contribution >= 4 is 40.6 Å². The van der Waals surface area contributed by atoms with E-state index in [9.17, 15) is 14.9 Å². The maximum absolute atomic E-state index is 11.9. The molecule has 0 saturated heterocycles. The number of nitrogen functional groups attached to an aromatic ring is 1. The van der Waals surface area contributed by atoms with E-state index in [0.717, 1.165) is 24.7 Å². The number of carbonyl (C=O) groups excluding carboxylic acids is 1. The molecule has 0 aliphatic heterocycles. The van der Waals surface area contributed by atoms with Crippen LogP contribution in [0.25, 0.3) is 0 Å². The number of carbonyl (C=O) groups is 1. The first-order chi connectivity index (χ1) is 9.47. The topological polar surface area (TPSA) is 98.3 Å². The van der Waals surface area contributed by atoms with Crippen LogP contribution in [-0.4, -0.2) is 29.4 Å². The minimum absolute atomic E-state index is 0.00623. The summed E-state index contributed by atoms with van der Waals surface area (Å²) in [5.74, 6) is 0.647. The summed E-state index contributed by atoms with van der Waals surface area (Å²) >= 11 is 7.54. The number of anilines is 1. The van der Waals surface area contributed by atoms with Gasteiger partial charge in [-0.1, -0.05) is 11.6 Å². The fraction of sp³-hybridized carbons (Fsp3) is 0.417. The number of hydrogen-bond acceptors (Lipinski definition) is 5. The number of amides is 1. The normalized spacial score (nSPS) is 10.3. The Bertz CT molecular complexity index is 511. The largest absolute Gasteiger partial charge is 0.392 e. The summed E-state index contributed by atoms with van der Waals surface area (Å²) in [5.41, 5.74) is 5.15. The monoisotopic (exact) mass is 317 g/mol. The van der Waals surface area contributed by atoms with Crippen LogP contribution in [0.4, 0.5) is 11.4 Å². The third-order valence-electron chi connectivity index (χ3n) is 2.63. The Kier molecular flexibility index (Phi) is 6.60. The zero-order chi connectivity index (χ0) is 15.1. The molecule has 3 N–H and O–H groups in total. The molecule has 0 atom stereocenters. The third-order valence-corrected chi connectivity index (χ3v) is 3.64. The van der Waals surface area contributed by atoms with Crippen LogP contribution in [0.2, 0.25) is 5.02 Å². The van der Waals surface area contributed by atoms with Crippen LogP contribution in [0, 0.1) is 10.1 Å². The molecule has 1 amide bonds. The summed E-state index contributed by atoms with van der Waals surface area (Å²) in [7, 11) is 0. The van der Waals surface area contributed by atoms with Crippen molar-refractivity contribution in [3.63, 3.8) is 0 Å². The van der Waals surface area contributed by atoms with Gasteiger partial charge < -0.3 is 11.1 Å². The number of nitro groups is 1. The van der Waals surface area contributed by atoms with Gasteiger partial charge in [-0.25, -0.2) is 0 Å². The number of nitro benzene ring substituents is 1. The van der Waals surface area contributed by atoms with Crippen LogP contribution in [0.1, 0.15) is 23.2 Å². The van der Waals surface area contributed by atoms with E-state index in [1.165, 1.54) is 6.07 Å². The molecule has 1 aromatic rings. The third kappa shape index (κ3) is 4.57. The van der Waals surface area contributed by atoms with Crippen molar-refractivity contribution in [3.8, 4) is 0 Å².